The summed E-state index contributed by atoms with van der Waals surface area (Å²) in [6.45, 7) is 21.2. The van der Waals surface area contributed by atoms with Gasteiger partial charge in [-0.25, -0.2) is 0 Å². The molecule has 3 N–H and O–H groups in total. The molecule has 1 heterocycles. The Morgan fingerprint density at radius 1 is 0.592 bits per heavy atom. The first-order valence-corrected chi connectivity index (χ1v) is 17.7. The highest BCUT2D eigenvalue weighted by Crippen LogP contribution is 2.41. The lowest BCUT2D eigenvalue weighted by Gasteiger charge is -2.30. The molecule has 0 saturated heterocycles. The second kappa shape index (κ2) is 13.6. The van der Waals surface area contributed by atoms with E-state index < -0.39 is 11.2 Å². The van der Waals surface area contributed by atoms with Crippen molar-refractivity contribution in [3.8, 4) is 17.2 Å². The summed E-state index contributed by atoms with van der Waals surface area (Å²) in [7, 11) is 0. The summed E-state index contributed by atoms with van der Waals surface area (Å²) in [6, 6.07) is 13.3. The van der Waals surface area contributed by atoms with Crippen LogP contribution < -0.4 is 0 Å². The molecule has 1 aliphatic carbocycles. The van der Waals surface area contributed by atoms with Crippen LogP contribution >= 0.6 is 0 Å². The molecule has 0 radical (unpaired) electrons. The van der Waals surface area contributed by atoms with Gasteiger partial charge in [0, 0.05) is 34.7 Å². The Morgan fingerprint density at radius 3 is 1.35 bits per heavy atom. The van der Waals surface area contributed by atoms with Gasteiger partial charge in [0.15, 0.2) is 0 Å². The Morgan fingerprint density at radius 2 is 0.980 bits per heavy atom. The van der Waals surface area contributed by atoms with E-state index in [0.717, 1.165) is 47.9 Å². The first kappa shape index (κ1) is 36.6. The van der Waals surface area contributed by atoms with Crippen LogP contribution in [-0.4, -0.2) is 39.8 Å². The van der Waals surface area contributed by atoms with Gasteiger partial charge >= 0.3 is 0 Å². The van der Waals surface area contributed by atoms with Gasteiger partial charge in [-0.05, 0) is 110 Å². The number of fused-ring (bicyclic) bond motifs is 7. The third-order valence-electron chi connectivity index (χ3n) is 10.0. The molecule has 0 amide bonds. The van der Waals surface area contributed by atoms with Crippen LogP contribution in [0.1, 0.15) is 139 Å². The molecule has 5 rings (SSSR count). The topological polar surface area (TPSA) is 104 Å². The van der Waals surface area contributed by atoms with Gasteiger partial charge in [0.2, 0.25) is 0 Å². The summed E-state index contributed by atoms with van der Waals surface area (Å²) < 4.78 is 13.0. The number of benzene rings is 3. The van der Waals surface area contributed by atoms with Crippen molar-refractivity contribution in [1.29, 1.82) is 0 Å². The highest BCUT2D eigenvalue weighted by molar-refractivity contribution is 5.86. The summed E-state index contributed by atoms with van der Waals surface area (Å²) >= 11 is 0. The lowest BCUT2D eigenvalue weighted by molar-refractivity contribution is -0.0373. The van der Waals surface area contributed by atoms with E-state index >= 15 is 0 Å². The molecule has 2 atom stereocenters. The number of aromatic hydroxyl groups is 3. The molecule has 7 nitrogen and oxygen atoms in total. The summed E-state index contributed by atoms with van der Waals surface area (Å²) in [5.74, 6) is 0.404. The molecule has 3 aromatic carbocycles. The van der Waals surface area contributed by atoms with E-state index in [2.05, 4.69) is 41.5 Å². The van der Waals surface area contributed by atoms with Crippen molar-refractivity contribution < 1.29 is 24.8 Å². The van der Waals surface area contributed by atoms with Crippen molar-refractivity contribution in [1.82, 2.24) is 0 Å². The number of aliphatic imine (C=N–C) groups is 2. The largest absolute Gasteiger partial charge is 0.508 e. The summed E-state index contributed by atoms with van der Waals surface area (Å²) in [6.07, 6.45) is 7.52. The van der Waals surface area contributed by atoms with Gasteiger partial charge in [-0.2, -0.15) is 0 Å². The molecule has 3 aromatic rings. The van der Waals surface area contributed by atoms with Gasteiger partial charge in [-0.15, -0.1) is 0 Å². The summed E-state index contributed by atoms with van der Waals surface area (Å²) in [4.78, 5) is 10.1. The average molecular weight is 669 g/mol. The van der Waals surface area contributed by atoms with E-state index in [4.69, 9.17) is 19.5 Å². The summed E-state index contributed by atoms with van der Waals surface area (Å²) in [5.41, 5.74) is 4.28. The lowest BCUT2D eigenvalue weighted by Crippen LogP contribution is -2.27. The van der Waals surface area contributed by atoms with Gasteiger partial charge in [-0.1, -0.05) is 60.5 Å². The molecule has 264 valence electrons. The zero-order valence-electron chi connectivity index (χ0n) is 31.1. The van der Waals surface area contributed by atoms with Gasteiger partial charge in [0.1, 0.15) is 17.2 Å². The minimum absolute atomic E-state index is 0.0596. The van der Waals surface area contributed by atoms with E-state index in [1.165, 1.54) is 0 Å². The molecule has 1 saturated carbocycles. The normalized spacial score (nSPS) is 21.4. The van der Waals surface area contributed by atoms with Gasteiger partial charge in [0.25, 0.3) is 0 Å². The Kier molecular flexibility index (Phi) is 10.1. The van der Waals surface area contributed by atoms with Gasteiger partial charge in [0.05, 0.1) is 36.5 Å². The van der Waals surface area contributed by atoms with Crippen LogP contribution in [0, 0.1) is 0 Å². The highest BCUT2D eigenvalue weighted by atomic mass is 16.5. The zero-order valence-corrected chi connectivity index (χ0v) is 31.1. The maximum Gasteiger partial charge on any atom is 0.130 e. The molecule has 1 aliphatic heterocycles. The minimum Gasteiger partial charge on any atom is -0.508 e. The molecule has 0 aromatic heterocycles. The van der Waals surface area contributed by atoms with Crippen molar-refractivity contribution >= 4 is 12.4 Å². The van der Waals surface area contributed by atoms with Crippen LogP contribution in [0.25, 0.3) is 0 Å². The molecule has 0 spiro atoms. The predicted molar refractivity (Wildman–Crippen MR) is 199 cm³/mol. The third kappa shape index (κ3) is 8.38. The molecule has 2 aliphatic rings. The van der Waals surface area contributed by atoms with E-state index in [-0.39, 0.29) is 53.4 Å². The predicted octanol–water partition coefficient (Wildman–Crippen LogP) is 9.46. The standard InChI is InChI=1S/C42H56N2O5/c1-39(2,3)30-18-28-22-43-35-13-11-12-14-36(35)44-23-29-19-31(40(4,5)6)21-34(38(29)47)42(9,10)49-25-27-15-26(16-32(45)17-27)24-48-41(7,8)33(20-30)37(28)46/h15-23,35-36,45-47H,11-14,24-25H2,1-10H3/t35-,36-/m0/s1. The lowest BCUT2D eigenvalue weighted by atomic mass is 9.82. The molecule has 1 fully saturated rings. The molecule has 0 unspecified atom stereocenters. The fourth-order valence-electron chi connectivity index (χ4n) is 6.68. The smallest absolute Gasteiger partial charge is 0.130 e. The van der Waals surface area contributed by atoms with Crippen molar-refractivity contribution in [2.24, 2.45) is 9.98 Å². The van der Waals surface area contributed by atoms with E-state index in [9.17, 15) is 15.3 Å². The third-order valence-corrected chi connectivity index (χ3v) is 10.0. The fourth-order valence-corrected chi connectivity index (χ4v) is 6.68. The van der Waals surface area contributed by atoms with Crippen molar-refractivity contribution in [2.45, 2.75) is 142 Å². The Labute approximate surface area is 293 Å². The van der Waals surface area contributed by atoms with E-state index in [1.54, 1.807) is 12.1 Å². The van der Waals surface area contributed by atoms with E-state index in [1.807, 2.05) is 70.5 Å². The van der Waals surface area contributed by atoms with Crippen LogP contribution in [0.2, 0.25) is 0 Å². The maximum atomic E-state index is 11.7. The molecule has 49 heavy (non-hydrogen) atoms. The summed E-state index contributed by atoms with van der Waals surface area (Å²) in [5, 5.41) is 34.1. The number of phenolic OH excluding ortho intramolecular Hbond substituents is 3. The molecular formula is C42H56N2O5. The van der Waals surface area contributed by atoms with Gasteiger partial charge < -0.3 is 24.8 Å². The first-order chi connectivity index (χ1) is 22.7. The number of hydrogen-bond donors (Lipinski definition) is 3. The number of ether oxygens (including phenoxy) is 2. The van der Waals surface area contributed by atoms with Crippen LogP contribution in [0.5, 0.6) is 17.2 Å². The Balaban J connectivity index is 1.68. The highest BCUT2D eigenvalue weighted by Gasteiger charge is 2.32. The monoisotopic (exact) mass is 668 g/mol. The van der Waals surface area contributed by atoms with Crippen LogP contribution in [0.4, 0.5) is 0 Å². The SMILES string of the molecule is CC(C)(C)c1cc2c(O)c(c1)C(C)(C)OCc1cc(O)cc(c1)COC(C)(C)c1cc(C(C)(C)C)cc(c1O)C=N[C@H]1CCCC[C@@H]1N=C2. The Bertz CT molecular complexity index is 1620. The Hall–Kier alpha value is -3.68. The van der Waals surface area contributed by atoms with E-state index in [0.29, 0.717) is 22.3 Å². The molecule has 7 heteroatoms. The maximum absolute atomic E-state index is 11.7. The van der Waals surface area contributed by atoms with Gasteiger partial charge in [-0.3, -0.25) is 9.98 Å². The fraction of sp³-hybridized carbons (Fsp3) is 0.524. The minimum atomic E-state index is -0.860. The second-order valence-corrected chi connectivity index (χ2v) is 17.0. The van der Waals surface area contributed by atoms with Crippen molar-refractivity contribution in [3.63, 3.8) is 0 Å². The first-order valence-electron chi connectivity index (χ1n) is 17.7. The average Bonchev–Trinajstić information content (AvgIpc) is 3.00. The quantitative estimate of drug-likeness (QED) is 0.221. The van der Waals surface area contributed by atoms with Crippen molar-refractivity contribution in [2.75, 3.05) is 0 Å². The van der Waals surface area contributed by atoms with Crippen LogP contribution in [0.3, 0.4) is 0 Å². The zero-order chi connectivity index (χ0) is 35.9. The second-order valence-electron chi connectivity index (χ2n) is 17.0. The number of hydrogen-bond acceptors (Lipinski definition) is 7. The van der Waals surface area contributed by atoms with Crippen LogP contribution in [0.15, 0.2) is 52.4 Å². The number of rotatable bonds is 0. The number of phenols is 3. The number of nitrogens with zero attached hydrogens (tertiary/aromatic N) is 2. The van der Waals surface area contributed by atoms with Crippen LogP contribution in [-0.2, 0) is 44.7 Å². The molecule has 6 bridgehead atoms. The molecular weight excluding hydrogens is 612 g/mol. The van der Waals surface area contributed by atoms with Crippen molar-refractivity contribution in [3.05, 3.63) is 87.0 Å².